The van der Waals surface area contributed by atoms with Crippen LogP contribution >= 0.6 is 27.5 Å². The molecule has 0 aliphatic heterocycles. The highest BCUT2D eigenvalue weighted by atomic mass is 79.9. The molecule has 0 spiro atoms. The second kappa shape index (κ2) is 4.45. The monoisotopic (exact) mass is 275 g/mol. The van der Waals surface area contributed by atoms with E-state index in [9.17, 15) is 0 Å². The Morgan fingerprint density at radius 1 is 1.43 bits per heavy atom. The molecule has 3 nitrogen and oxygen atoms in total. The summed E-state index contributed by atoms with van der Waals surface area (Å²) in [6.45, 7) is 0.951. The summed E-state index contributed by atoms with van der Waals surface area (Å²) < 4.78 is 0. The summed E-state index contributed by atoms with van der Waals surface area (Å²) in [6.07, 6.45) is 5.79. The molecule has 1 heterocycles. The maximum absolute atomic E-state index is 5.74. The van der Waals surface area contributed by atoms with Crippen LogP contribution in [0.1, 0.15) is 12.8 Å². The van der Waals surface area contributed by atoms with Gasteiger partial charge in [-0.05, 0) is 12.8 Å². The summed E-state index contributed by atoms with van der Waals surface area (Å²) in [4.78, 5) is 10.7. The maximum atomic E-state index is 5.74. The molecule has 0 aromatic carbocycles. The fourth-order valence-electron chi connectivity index (χ4n) is 1.38. The second-order valence-electron chi connectivity index (χ2n) is 3.31. The molecule has 1 aliphatic rings. The van der Waals surface area contributed by atoms with E-state index in [1.165, 1.54) is 12.8 Å². The van der Waals surface area contributed by atoms with Crippen molar-refractivity contribution >= 4 is 33.5 Å². The molecule has 5 heteroatoms. The molecule has 1 aliphatic carbocycles. The fraction of sp³-hybridized carbons (Fsp3) is 0.556. The Bertz CT molecular complexity index is 299. The molecule has 1 aromatic rings. The molecule has 1 saturated carbocycles. The van der Waals surface area contributed by atoms with E-state index in [0.717, 1.165) is 17.8 Å². The molecule has 2 rings (SSSR count). The average molecular weight is 277 g/mol. The minimum atomic E-state index is 0.586. The third kappa shape index (κ3) is 2.36. The number of hydrogen-bond donors (Lipinski definition) is 0. The van der Waals surface area contributed by atoms with Crippen molar-refractivity contribution in [2.45, 2.75) is 18.9 Å². The first-order chi connectivity index (χ1) is 6.81. The summed E-state index contributed by atoms with van der Waals surface area (Å²) in [5.41, 5.74) is 0. The van der Waals surface area contributed by atoms with Crippen molar-refractivity contribution in [1.82, 2.24) is 9.97 Å². The van der Waals surface area contributed by atoms with Crippen molar-refractivity contribution in [2.24, 2.45) is 0 Å². The van der Waals surface area contributed by atoms with Crippen LogP contribution in [0.5, 0.6) is 0 Å². The lowest BCUT2D eigenvalue weighted by Crippen LogP contribution is -2.29. The number of nitrogens with zero attached hydrogens (tertiary/aromatic N) is 3. The van der Waals surface area contributed by atoms with Crippen LogP contribution in [0.2, 0.25) is 5.02 Å². The number of rotatable bonds is 4. The first-order valence-corrected chi connectivity index (χ1v) is 6.11. The van der Waals surface area contributed by atoms with Gasteiger partial charge in [-0.3, -0.25) is 0 Å². The van der Waals surface area contributed by atoms with Gasteiger partial charge < -0.3 is 4.90 Å². The van der Waals surface area contributed by atoms with Crippen molar-refractivity contribution in [3.63, 3.8) is 0 Å². The summed E-state index contributed by atoms with van der Waals surface area (Å²) >= 11 is 9.17. The topological polar surface area (TPSA) is 29.0 Å². The highest BCUT2D eigenvalue weighted by Gasteiger charge is 2.30. The van der Waals surface area contributed by atoms with Crippen molar-refractivity contribution < 1.29 is 0 Å². The van der Waals surface area contributed by atoms with Gasteiger partial charge in [0.2, 0.25) is 5.95 Å². The van der Waals surface area contributed by atoms with Crippen LogP contribution in [0.15, 0.2) is 12.4 Å². The lowest BCUT2D eigenvalue weighted by molar-refractivity contribution is 0.793. The molecule has 0 radical (unpaired) electrons. The Morgan fingerprint density at radius 3 is 2.57 bits per heavy atom. The highest BCUT2D eigenvalue weighted by molar-refractivity contribution is 9.09. The molecule has 0 amide bonds. The minimum Gasteiger partial charge on any atom is -0.337 e. The number of halogens is 2. The summed E-state index contributed by atoms with van der Waals surface area (Å²) in [5, 5.41) is 1.53. The van der Waals surface area contributed by atoms with Crippen LogP contribution in [0.25, 0.3) is 0 Å². The van der Waals surface area contributed by atoms with Gasteiger partial charge in [-0.1, -0.05) is 27.5 Å². The van der Waals surface area contributed by atoms with Crippen LogP contribution in [0, 0.1) is 0 Å². The first kappa shape index (κ1) is 10.2. The molecule has 0 saturated heterocycles. The van der Waals surface area contributed by atoms with Gasteiger partial charge in [0.05, 0.1) is 17.4 Å². The number of hydrogen-bond acceptors (Lipinski definition) is 3. The average Bonchev–Trinajstić information content (AvgIpc) is 2.99. The van der Waals surface area contributed by atoms with Crippen molar-refractivity contribution in [3.05, 3.63) is 17.4 Å². The van der Waals surface area contributed by atoms with Crippen molar-refractivity contribution in [2.75, 3.05) is 16.8 Å². The van der Waals surface area contributed by atoms with Crippen LogP contribution in [-0.4, -0.2) is 27.9 Å². The third-order valence-corrected chi connectivity index (χ3v) is 2.73. The Hall–Kier alpha value is -0.350. The van der Waals surface area contributed by atoms with Crippen molar-refractivity contribution in [3.8, 4) is 0 Å². The summed E-state index contributed by atoms with van der Waals surface area (Å²) in [5.74, 6) is 0.788. The molecule has 14 heavy (non-hydrogen) atoms. The van der Waals surface area contributed by atoms with E-state index in [4.69, 9.17) is 11.6 Å². The molecule has 1 fully saturated rings. The Labute approximate surface area is 96.6 Å². The molecule has 0 N–H and O–H groups in total. The van der Waals surface area contributed by atoms with Crippen LogP contribution < -0.4 is 4.90 Å². The quantitative estimate of drug-likeness (QED) is 0.791. The second-order valence-corrected chi connectivity index (χ2v) is 4.54. The number of aromatic nitrogens is 2. The zero-order chi connectivity index (χ0) is 9.97. The van der Waals surface area contributed by atoms with Crippen molar-refractivity contribution in [1.29, 1.82) is 0 Å². The Morgan fingerprint density at radius 2 is 2.07 bits per heavy atom. The smallest absolute Gasteiger partial charge is 0.225 e. The molecule has 1 aromatic heterocycles. The Balaban J connectivity index is 2.13. The fourth-order valence-corrected chi connectivity index (χ4v) is 1.86. The van der Waals surface area contributed by atoms with E-state index in [0.29, 0.717) is 11.1 Å². The van der Waals surface area contributed by atoms with E-state index in [1.54, 1.807) is 12.4 Å². The molecular formula is C9H11BrClN3. The predicted octanol–water partition coefficient (Wildman–Crippen LogP) is 2.49. The first-order valence-electron chi connectivity index (χ1n) is 4.61. The lowest BCUT2D eigenvalue weighted by Gasteiger charge is -2.20. The van der Waals surface area contributed by atoms with Gasteiger partial charge >= 0.3 is 0 Å². The van der Waals surface area contributed by atoms with E-state index < -0.39 is 0 Å². The van der Waals surface area contributed by atoms with Gasteiger partial charge in [-0.2, -0.15) is 0 Å². The molecule has 0 bridgehead atoms. The summed E-state index contributed by atoms with van der Waals surface area (Å²) in [6, 6.07) is 0.633. The van der Waals surface area contributed by atoms with E-state index in [1.807, 2.05) is 0 Å². The summed E-state index contributed by atoms with van der Waals surface area (Å²) in [7, 11) is 0. The molecule has 0 unspecified atom stereocenters. The maximum Gasteiger partial charge on any atom is 0.225 e. The van der Waals surface area contributed by atoms with E-state index in [-0.39, 0.29) is 0 Å². The lowest BCUT2D eigenvalue weighted by atomic mass is 10.5. The predicted molar refractivity (Wildman–Crippen MR) is 61.2 cm³/mol. The van der Waals surface area contributed by atoms with Crippen LogP contribution in [-0.2, 0) is 0 Å². The highest BCUT2D eigenvalue weighted by Crippen LogP contribution is 2.29. The molecule has 0 atom stereocenters. The van der Waals surface area contributed by atoms with Gasteiger partial charge in [0.25, 0.3) is 0 Å². The van der Waals surface area contributed by atoms with Gasteiger partial charge in [0.1, 0.15) is 0 Å². The van der Waals surface area contributed by atoms with Gasteiger partial charge in [0, 0.05) is 17.9 Å². The SMILES string of the molecule is Clc1cnc(N(CCBr)C2CC2)nc1. The zero-order valence-corrected chi connectivity index (χ0v) is 10.00. The zero-order valence-electron chi connectivity index (χ0n) is 7.66. The normalized spacial score (nSPS) is 15.6. The number of alkyl halides is 1. The number of anilines is 1. The van der Waals surface area contributed by atoms with Gasteiger partial charge in [-0.15, -0.1) is 0 Å². The van der Waals surface area contributed by atoms with E-state index >= 15 is 0 Å². The largest absolute Gasteiger partial charge is 0.337 e. The minimum absolute atomic E-state index is 0.586. The Kier molecular flexibility index (Phi) is 3.23. The molecule has 76 valence electrons. The van der Waals surface area contributed by atoms with Crippen LogP contribution in [0.3, 0.4) is 0 Å². The third-order valence-electron chi connectivity index (χ3n) is 2.18. The molecular weight excluding hydrogens is 265 g/mol. The van der Waals surface area contributed by atoms with Gasteiger partial charge in [-0.25, -0.2) is 9.97 Å². The van der Waals surface area contributed by atoms with E-state index in [2.05, 4.69) is 30.8 Å². The standard InChI is InChI=1S/C9H11BrClN3/c10-3-4-14(8-1-2-8)9-12-5-7(11)6-13-9/h5-6,8H,1-4H2. The van der Waals surface area contributed by atoms with Gasteiger partial charge in [0.15, 0.2) is 0 Å². The van der Waals surface area contributed by atoms with Crippen LogP contribution in [0.4, 0.5) is 5.95 Å².